The van der Waals surface area contributed by atoms with Crippen molar-refractivity contribution in [1.82, 2.24) is 0 Å². The third-order valence-corrected chi connectivity index (χ3v) is 4.91. The van der Waals surface area contributed by atoms with Gasteiger partial charge in [0.25, 0.3) is 0 Å². The first-order valence-electron chi connectivity index (χ1n) is 7.16. The van der Waals surface area contributed by atoms with E-state index in [4.69, 9.17) is 5.73 Å². The van der Waals surface area contributed by atoms with E-state index >= 15 is 0 Å². The molecule has 0 aromatic heterocycles. The number of hydrogen-bond acceptors (Lipinski definition) is 1. The van der Waals surface area contributed by atoms with Gasteiger partial charge in [0.15, 0.2) is 0 Å². The van der Waals surface area contributed by atoms with Crippen molar-refractivity contribution in [3.63, 3.8) is 0 Å². The van der Waals surface area contributed by atoms with E-state index in [1.807, 2.05) is 0 Å². The molecule has 2 N–H and O–H groups in total. The van der Waals surface area contributed by atoms with Gasteiger partial charge in [-0.2, -0.15) is 0 Å². The van der Waals surface area contributed by atoms with Crippen molar-refractivity contribution in [2.45, 2.75) is 56.8 Å². The smallest absolute Gasteiger partial charge is 0.00756 e. The SMILES string of the molecule is NCC1(c2ccc3c(c2)CCCCC3)CCC1. The van der Waals surface area contributed by atoms with E-state index in [-0.39, 0.29) is 0 Å². The normalized spacial score (nSPS) is 22.4. The summed E-state index contributed by atoms with van der Waals surface area (Å²) >= 11 is 0. The predicted molar refractivity (Wildman–Crippen MR) is 72.3 cm³/mol. The summed E-state index contributed by atoms with van der Waals surface area (Å²) in [7, 11) is 0. The van der Waals surface area contributed by atoms with Gasteiger partial charge in [-0.3, -0.25) is 0 Å². The number of rotatable bonds is 2. The van der Waals surface area contributed by atoms with Crippen molar-refractivity contribution >= 4 is 0 Å². The molecule has 0 radical (unpaired) electrons. The fourth-order valence-electron chi connectivity index (χ4n) is 3.45. The molecule has 0 bridgehead atoms. The summed E-state index contributed by atoms with van der Waals surface area (Å²) in [4.78, 5) is 0. The third-order valence-electron chi connectivity index (χ3n) is 4.91. The molecule has 3 rings (SSSR count). The van der Waals surface area contributed by atoms with Gasteiger partial charge in [-0.1, -0.05) is 31.0 Å². The molecule has 0 spiro atoms. The lowest BCUT2D eigenvalue weighted by atomic mass is 9.64. The van der Waals surface area contributed by atoms with Gasteiger partial charge >= 0.3 is 0 Å². The Bertz CT molecular complexity index is 398. The standard InChI is InChI=1S/C16H23N/c17-12-16(9-4-10-16)15-8-7-13-5-2-1-3-6-14(13)11-15/h7-8,11H,1-6,9-10,12,17H2. The van der Waals surface area contributed by atoms with Crippen molar-refractivity contribution in [2.75, 3.05) is 6.54 Å². The molecular weight excluding hydrogens is 206 g/mol. The van der Waals surface area contributed by atoms with Gasteiger partial charge in [0.05, 0.1) is 0 Å². The summed E-state index contributed by atoms with van der Waals surface area (Å²) in [5.74, 6) is 0. The van der Waals surface area contributed by atoms with Crippen LogP contribution in [0.25, 0.3) is 0 Å². The van der Waals surface area contributed by atoms with Crippen LogP contribution in [-0.2, 0) is 18.3 Å². The number of aryl methyl sites for hydroxylation is 2. The molecule has 1 nitrogen and oxygen atoms in total. The molecule has 92 valence electrons. The zero-order chi connectivity index (χ0) is 11.7. The number of nitrogens with two attached hydrogens (primary N) is 1. The minimum Gasteiger partial charge on any atom is -0.330 e. The lowest BCUT2D eigenvalue weighted by molar-refractivity contribution is 0.253. The molecular formula is C16H23N. The third kappa shape index (κ3) is 1.91. The van der Waals surface area contributed by atoms with Crippen molar-refractivity contribution < 1.29 is 0 Å². The van der Waals surface area contributed by atoms with Gasteiger partial charge in [-0.25, -0.2) is 0 Å². The highest BCUT2D eigenvalue weighted by Gasteiger charge is 2.37. The van der Waals surface area contributed by atoms with Gasteiger partial charge in [-0.05, 0) is 55.2 Å². The van der Waals surface area contributed by atoms with E-state index in [0.29, 0.717) is 5.41 Å². The van der Waals surface area contributed by atoms with E-state index in [9.17, 15) is 0 Å². The first-order valence-corrected chi connectivity index (χ1v) is 7.16. The van der Waals surface area contributed by atoms with E-state index in [1.54, 1.807) is 11.1 Å². The molecule has 1 fully saturated rings. The molecule has 1 aromatic carbocycles. The minimum absolute atomic E-state index is 0.335. The average molecular weight is 229 g/mol. The molecule has 0 atom stereocenters. The summed E-state index contributed by atoms with van der Waals surface area (Å²) in [5.41, 5.74) is 11.1. The molecule has 0 amide bonds. The molecule has 0 unspecified atom stereocenters. The van der Waals surface area contributed by atoms with Crippen molar-refractivity contribution in [3.8, 4) is 0 Å². The van der Waals surface area contributed by atoms with E-state index in [1.165, 1.54) is 56.9 Å². The topological polar surface area (TPSA) is 26.0 Å². The molecule has 0 heterocycles. The van der Waals surface area contributed by atoms with Crippen LogP contribution in [0, 0.1) is 0 Å². The summed E-state index contributed by atoms with van der Waals surface area (Å²) < 4.78 is 0. The van der Waals surface area contributed by atoms with Gasteiger partial charge in [0.2, 0.25) is 0 Å². The molecule has 17 heavy (non-hydrogen) atoms. The minimum atomic E-state index is 0.335. The molecule has 1 heteroatoms. The Labute approximate surface area is 104 Å². The second-order valence-corrected chi connectivity index (χ2v) is 5.88. The summed E-state index contributed by atoms with van der Waals surface area (Å²) in [6.07, 6.45) is 10.6. The van der Waals surface area contributed by atoms with Crippen LogP contribution in [0.15, 0.2) is 18.2 Å². The Kier molecular flexibility index (Phi) is 2.96. The molecule has 1 saturated carbocycles. The Hall–Kier alpha value is -0.820. The Balaban J connectivity index is 1.94. The summed E-state index contributed by atoms with van der Waals surface area (Å²) in [6, 6.07) is 7.22. The lowest BCUT2D eigenvalue weighted by Crippen LogP contribution is -2.41. The predicted octanol–water partition coefficient (Wildman–Crippen LogP) is 3.34. The van der Waals surface area contributed by atoms with Crippen LogP contribution in [0.2, 0.25) is 0 Å². The van der Waals surface area contributed by atoms with Crippen LogP contribution < -0.4 is 5.73 Å². The number of benzene rings is 1. The van der Waals surface area contributed by atoms with Crippen LogP contribution in [-0.4, -0.2) is 6.54 Å². The van der Waals surface area contributed by atoms with Crippen molar-refractivity contribution in [1.29, 1.82) is 0 Å². The molecule has 2 aliphatic carbocycles. The molecule has 0 saturated heterocycles. The molecule has 2 aliphatic rings. The van der Waals surface area contributed by atoms with Crippen molar-refractivity contribution in [3.05, 3.63) is 34.9 Å². The monoisotopic (exact) mass is 229 g/mol. The Morgan fingerprint density at radius 2 is 1.71 bits per heavy atom. The maximum absolute atomic E-state index is 6.01. The fraction of sp³-hybridized carbons (Fsp3) is 0.625. The summed E-state index contributed by atoms with van der Waals surface area (Å²) in [5, 5.41) is 0. The Morgan fingerprint density at radius 1 is 0.941 bits per heavy atom. The van der Waals surface area contributed by atoms with E-state index in [2.05, 4.69) is 18.2 Å². The highest BCUT2D eigenvalue weighted by molar-refractivity contribution is 5.38. The van der Waals surface area contributed by atoms with Crippen LogP contribution in [0.5, 0.6) is 0 Å². The van der Waals surface area contributed by atoms with Crippen molar-refractivity contribution in [2.24, 2.45) is 5.73 Å². The molecule has 0 aliphatic heterocycles. The second-order valence-electron chi connectivity index (χ2n) is 5.88. The fourth-order valence-corrected chi connectivity index (χ4v) is 3.45. The van der Waals surface area contributed by atoms with Gasteiger partial charge < -0.3 is 5.73 Å². The zero-order valence-corrected chi connectivity index (χ0v) is 10.7. The maximum Gasteiger partial charge on any atom is 0.00756 e. The summed E-state index contributed by atoms with van der Waals surface area (Å²) in [6.45, 7) is 0.825. The van der Waals surface area contributed by atoms with Gasteiger partial charge in [-0.15, -0.1) is 0 Å². The zero-order valence-electron chi connectivity index (χ0n) is 10.7. The molecule has 1 aromatic rings. The average Bonchev–Trinajstić information content (AvgIpc) is 2.53. The van der Waals surface area contributed by atoms with E-state index in [0.717, 1.165) is 6.54 Å². The highest BCUT2D eigenvalue weighted by atomic mass is 14.6. The quantitative estimate of drug-likeness (QED) is 0.773. The first kappa shape index (κ1) is 11.3. The Morgan fingerprint density at radius 3 is 2.35 bits per heavy atom. The van der Waals surface area contributed by atoms with E-state index < -0.39 is 0 Å². The number of fused-ring (bicyclic) bond motifs is 1. The van der Waals surface area contributed by atoms with Crippen LogP contribution in [0.4, 0.5) is 0 Å². The maximum atomic E-state index is 6.01. The number of hydrogen-bond donors (Lipinski definition) is 1. The highest BCUT2D eigenvalue weighted by Crippen LogP contribution is 2.43. The first-order chi connectivity index (χ1) is 8.34. The second kappa shape index (κ2) is 4.45. The lowest BCUT2D eigenvalue weighted by Gasteiger charge is -2.42. The van der Waals surface area contributed by atoms with Gasteiger partial charge in [0, 0.05) is 12.0 Å². The van der Waals surface area contributed by atoms with Gasteiger partial charge in [0.1, 0.15) is 0 Å². The van der Waals surface area contributed by atoms with Crippen LogP contribution in [0.1, 0.15) is 55.2 Å². The van der Waals surface area contributed by atoms with Crippen LogP contribution >= 0.6 is 0 Å². The largest absolute Gasteiger partial charge is 0.330 e. The van der Waals surface area contributed by atoms with Crippen LogP contribution in [0.3, 0.4) is 0 Å².